The quantitative estimate of drug-likeness (QED) is 0.504. The van der Waals surface area contributed by atoms with E-state index in [1.165, 1.54) is 6.08 Å². The highest BCUT2D eigenvalue weighted by Gasteiger charge is 2.63. The van der Waals surface area contributed by atoms with E-state index < -0.39 is 59.4 Å². The number of aliphatic carboxylic acids is 4. The lowest BCUT2D eigenvalue weighted by Gasteiger charge is -2.50. The molecule has 4 N–H and O–H groups in total. The maximum atomic E-state index is 11.7. The van der Waals surface area contributed by atoms with Gasteiger partial charge in [-0.1, -0.05) is 25.0 Å². The van der Waals surface area contributed by atoms with Gasteiger partial charge in [-0.2, -0.15) is 0 Å². The lowest BCUT2D eigenvalue weighted by Crippen LogP contribution is -2.58. The summed E-state index contributed by atoms with van der Waals surface area (Å²) in [4.78, 5) is 46.6. The fourth-order valence-electron chi connectivity index (χ4n) is 4.28. The third-order valence-electron chi connectivity index (χ3n) is 5.17. The molecule has 0 radical (unpaired) electrons. The Balaban J connectivity index is 2.62. The molecule has 8 heteroatoms. The smallest absolute Gasteiger partial charge is 0.308 e. The van der Waals surface area contributed by atoms with Crippen LogP contribution in [0.15, 0.2) is 11.6 Å². The standard InChI is InChI=1S/C16H20O8/c1-2-3-4-6-5-7-9(13(17)18)11(15(21)22)8(6)12(16(23)24)10(7)14(19)20/h5,7-12H,2-4H2,1H3,(H,17,18)(H,19,20)(H,21,22)(H,23,24). The van der Waals surface area contributed by atoms with Gasteiger partial charge in [0.25, 0.3) is 0 Å². The topological polar surface area (TPSA) is 149 Å². The van der Waals surface area contributed by atoms with E-state index in [9.17, 15) is 39.6 Å². The van der Waals surface area contributed by atoms with Crippen molar-refractivity contribution in [2.24, 2.45) is 35.5 Å². The van der Waals surface area contributed by atoms with Crippen molar-refractivity contribution in [1.82, 2.24) is 0 Å². The maximum Gasteiger partial charge on any atom is 0.308 e. The number of hydrogen-bond donors (Lipinski definition) is 4. The van der Waals surface area contributed by atoms with E-state index in [0.29, 0.717) is 18.4 Å². The summed E-state index contributed by atoms with van der Waals surface area (Å²) in [6, 6.07) is 0. The number of allylic oxidation sites excluding steroid dienone is 2. The van der Waals surface area contributed by atoms with Crippen molar-refractivity contribution in [2.75, 3.05) is 0 Å². The van der Waals surface area contributed by atoms with Crippen LogP contribution in [0.5, 0.6) is 0 Å². The molecule has 0 amide bonds. The molecule has 0 aromatic carbocycles. The molecule has 4 atom stereocenters. The zero-order chi connectivity index (χ0) is 18.2. The first-order valence-electron chi connectivity index (χ1n) is 7.84. The van der Waals surface area contributed by atoms with Gasteiger partial charge in [0.15, 0.2) is 0 Å². The molecule has 132 valence electrons. The predicted octanol–water partition coefficient (Wildman–Crippen LogP) is 1.17. The van der Waals surface area contributed by atoms with Gasteiger partial charge in [0.1, 0.15) is 0 Å². The molecule has 8 nitrogen and oxygen atoms in total. The van der Waals surface area contributed by atoms with Crippen molar-refractivity contribution in [2.45, 2.75) is 26.2 Å². The number of carbonyl (C=O) groups is 4. The van der Waals surface area contributed by atoms with Gasteiger partial charge >= 0.3 is 23.9 Å². The molecule has 0 heterocycles. The van der Waals surface area contributed by atoms with Crippen LogP contribution in [-0.2, 0) is 19.2 Å². The molecular formula is C16H20O8. The molecule has 3 aliphatic carbocycles. The molecule has 1 fully saturated rings. The first-order valence-corrected chi connectivity index (χ1v) is 7.84. The summed E-state index contributed by atoms with van der Waals surface area (Å²) >= 11 is 0. The lowest BCUT2D eigenvalue weighted by atomic mass is 9.50. The molecule has 0 aromatic heterocycles. The first kappa shape index (κ1) is 18.0. The summed E-state index contributed by atoms with van der Waals surface area (Å²) < 4.78 is 0. The van der Waals surface area contributed by atoms with Crippen LogP contribution >= 0.6 is 0 Å². The minimum atomic E-state index is -1.44. The van der Waals surface area contributed by atoms with E-state index in [1.807, 2.05) is 6.92 Å². The second kappa shape index (κ2) is 6.62. The molecule has 1 saturated carbocycles. The number of hydrogen-bond acceptors (Lipinski definition) is 4. The van der Waals surface area contributed by atoms with Crippen LogP contribution in [0.3, 0.4) is 0 Å². The Morgan fingerprint density at radius 3 is 1.58 bits per heavy atom. The van der Waals surface area contributed by atoms with Gasteiger partial charge in [0.2, 0.25) is 0 Å². The van der Waals surface area contributed by atoms with E-state index in [-0.39, 0.29) is 0 Å². The van der Waals surface area contributed by atoms with Crippen molar-refractivity contribution < 1.29 is 39.6 Å². The Morgan fingerprint density at radius 2 is 1.25 bits per heavy atom. The summed E-state index contributed by atoms with van der Waals surface area (Å²) in [6.07, 6.45) is 3.46. The van der Waals surface area contributed by atoms with Gasteiger partial charge in [-0.25, -0.2) is 0 Å². The van der Waals surface area contributed by atoms with Crippen LogP contribution in [-0.4, -0.2) is 44.3 Å². The second-order valence-electron chi connectivity index (χ2n) is 6.40. The summed E-state index contributed by atoms with van der Waals surface area (Å²) in [5.74, 6) is -13.6. The highest BCUT2D eigenvalue weighted by molar-refractivity contribution is 5.88. The summed E-state index contributed by atoms with van der Waals surface area (Å²) in [5.41, 5.74) is 0.566. The predicted molar refractivity (Wildman–Crippen MR) is 79.1 cm³/mol. The number of rotatable bonds is 7. The van der Waals surface area contributed by atoms with E-state index in [0.717, 1.165) is 6.42 Å². The third-order valence-corrected chi connectivity index (χ3v) is 5.17. The molecular weight excluding hydrogens is 320 g/mol. The summed E-state index contributed by atoms with van der Waals surface area (Å²) in [5, 5.41) is 37.9. The van der Waals surface area contributed by atoms with Crippen LogP contribution in [0.1, 0.15) is 26.2 Å². The summed E-state index contributed by atoms with van der Waals surface area (Å²) in [7, 11) is 0. The van der Waals surface area contributed by atoms with Gasteiger partial charge in [0, 0.05) is 11.8 Å². The monoisotopic (exact) mass is 340 g/mol. The molecule has 0 spiro atoms. The van der Waals surface area contributed by atoms with Gasteiger partial charge in [-0.15, -0.1) is 0 Å². The highest BCUT2D eigenvalue weighted by atomic mass is 16.4. The van der Waals surface area contributed by atoms with Gasteiger partial charge in [0.05, 0.1) is 23.7 Å². The average molecular weight is 340 g/mol. The zero-order valence-corrected chi connectivity index (χ0v) is 13.1. The van der Waals surface area contributed by atoms with E-state index in [4.69, 9.17) is 0 Å². The lowest BCUT2D eigenvalue weighted by molar-refractivity contribution is -0.179. The molecule has 2 bridgehead atoms. The molecule has 3 rings (SSSR count). The van der Waals surface area contributed by atoms with Crippen molar-refractivity contribution >= 4 is 23.9 Å². The van der Waals surface area contributed by atoms with Crippen molar-refractivity contribution in [1.29, 1.82) is 0 Å². The highest BCUT2D eigenvalue weighted by Crippen LogP contribution is 2.55. The molecule has 4 unspecified atom stereocenters. The summed E-state index contributed by atoms with van der Waals surface area (Å²) in [6.45, 7) is 1.92. The minimum Gasteiger partial charge on any atom is -0.481 e. The zero-order valence-electron chi connectivity index (χ0n) is 13.1. The Kier molecular flexibility index (Phi) is 4.96. The van der Waals surface area contributed by atoms with Crippen LogP contribution in [0.25, 0.3) is 0 Å². The normalized spacial score (nSPS) is 34.5. The fourth-order valence-corrected chi connectivity index (χ4v) is 4.28. The Hall–Kier alpha value is -2.38. The molecule has 3 aliphatic rings. The minimum absolute atomic E-state index is 0.448. The first-order chi connectivity index (χ1) is 11.2. The Bertz CT molecular complexity index is 567. The fraction of sp³-hybridized carbons (Fsp3) is 0.625. The Labute approximate surface area is 137 Å². The van der Waals surface area contributed by atoms with Gasteiger partial charge in [-0.05, 0) is 12.8 Å². The van der Waals surface area contributed by atoms with Crippen molar-refractivity contribution in [3.63, 3.8) is 0 Å². The van der Waals surface area contributed by atoms with E-state index >= 15 is 0 Å². The van der Waals surface area contributed by atoms with Crippen LogP contribution in [0.2, 0.25) is 0 Å². The van der Waals surface area contributed by atoms with Crippen LogP contribution in [0.4, 0.5) is 0 Å². The maximum absolute atomic E-state index is 11.7. The van der Waals surface area contributed by atoms with E-state index in [1.54, 1.807) is 0 Å². The molecule has 24 heavy (non-hydrogen) atoms. The number of carboxylic acids is 4. The molecule has 0 saturated heterocycles. The SMILES string of the molecule is CCCCC1=CC2C(C(=O)O)C(C(=O)O)C1C(C(=O)O)C2C(=O)O. The van der Waals surface area contributed by atoms with Gasteiger partial charge in [-0.3, -0.25) is 19.2 Å². The van der Waals surface area contributed by atoms with Crippen molar-refractivity contribution in [3.8, 4) is 0 Å². The van der Waals surface area contributed by atoms with Crippen molar-refractivity contribution in [3.05, 3.63) is 11.6 Å². The van der Waals surface area contributed by atoms with Crippen LogP contribution < -0.4 is 0 Å². The molecule has 0 aliphatic heterocycles. The number of fused-ring (bicyclic) bond motifs is 2. The molecule has 0 aromatic rings. The number of unbranched alkanes of at least 4 members (excludes halogenated alkanes) is 1. The number of carboxylic acid groups (broad SMARTS) is 4. The third kappa shape index (κ3) is 2.76. The van der Waals surface area contributed by atoms with Gasteiger partial charge < -0.3 is 20.4 Å². The Morgan fingerprint density at radius 1 is 0.833 bits per heavy atom. The average Bonchev–Trinajstić information content (AvgIpc) is 2.50. The second-order valence-corrected chi connectivity index (χ2v) is 6.40. The van der Waals surface area contributed by atoms with E-state index in [2.05, 4.69) is 0 Å². The van der Waals surface area contributed by atoms with Crippen LogP contribution in [0, 0.1) is 35.5 Å². The largest absolute Gasteiger partial charge is 0.481 e.